The van der Waals surface area contributed by atoms with Crippen LogP contribution in [-0.4, -0.2) is 18.7 Å². The van der Waals surface area contributed by atoms with Gasteiger partial charge in [-0.3, -0.25) is 0 Å². The monoisotopic (exact) mass is 502 g/mol. The van der Waals surface area contributed by atoms with Gasteiger partial charge in [0.1, 0.15) is 19.0 Å². The number of hydrogen-bond donors (Lipinski definition) is 0. The molecule has 3 rings (SSSR count). The van der Waals surface area contributed by atoms with Crippen LogP contribution in [0, 0.1) is 18.3 Å². The first kappa shape index (κ1) is 28.0. The minimum Gasteiger partial charge on any atom is -0.458 e. The Hall–Kier alpha value is -3.60. The molecule has 2 aromatic rings. The van der Waals surface area contributed by atoms with E-state index in [4.69, 9.17) is 14.2 Å². The summed E-state index contributed by atoms with van der Waals surface area (Å²) < 4.78 is 16.1. The fourth-order valence-electron chi connectivity index (χ4n) is 4.30. The first-order chi connectivity index (χ1) is 17.7. The Morgan fingerprint density at radius 3 is 2.49 bits per heavy atom. The molecule has 196 valence electrons. The van der Waals surface area contributed by atoms with Gasteiger partial charge in [0.05, 0.1) is 0 Å². The van der Waals surface area contributed by atoms with Crippen molar-refractivity contribution >= 4 is 18.2 Å². The van der Waals surface area contributed by atoms with Gasteiger partial charge < -0.3 is 14.2 Å². The van der Waals surface area contributed by atoms with Gasteiger partial charge in [0.2, 0.25) is 0 Å². The molecule has 0 fully saturated rings. The van der Waals surface area contributed by atoms with Gasteiger partial charge in [0.15, 0.2) is 0 Å². The van der Waals surface area contributed by atoms with Gasteiger partial charge in [-0.25, -0.2) is 9.59 Å². The van der Waals surface area contributed by atoms with Crippen LogP contribution in [0.2, 0.25) is 0 Å². The molecule has 1 aliphatic rings. The Morgan fingerprint density at radius 2 is 1.81 bits per heavy atom. The van der Waals surface area contributed by atoms with Crippen LogP contribution in [0.15, 0.2) is 77.9 Å². The minimum atomic E-state index is -0.807. The smallest absolute Gasteiger partial charge is 0.458 e. The zero-order chi connectivity index (χ0) is 26.8. The molecule has 0 radical (unpaired) electrons. The molecule has 0 saturated heterocycles. The van der Waals surface area contributed by atoms with Crippen molar-refractivity contribution in [3.8, 4) is 5.75 Å². The van der Waals surface area contributed by atoms with Crippen molar-refractivity contribution in [1.29, 1.82) is 0 Å². The lowest BCUT2D eigenvalue weighted by atomic mass is 9.76. The lowest BCUT2D eigenvalue weighted by Gasteiger charge is -2.29. The third-order valence-electron chi connectivity index (χ3n) is 7.25. The maximum Gasteiger partial charge on any atom is 0.514 e. The lowest BCUT2D eigenvalue weighted by molar-refractivity contribution is -0.136. The molecule has 0 N–H and O–H groups in total. The molecule has 5 nitrogen and oxygen atoms in total. The molecule has 0 heterocycles. The van der Waals surface area contributed by atoms with E-state index in [1.807, 2.05) is 49.4 Å². The fourth-order valence-corrected chi connectivity index (χ4v) is 4.30. The number of carbonyl (C=O) groups excluding carboxylic acids is 2. The van der Waals surface area contributed by atoms with E-state index < -0.39 is 12.1 Å². The van der Waals surface area contributed by atoms with Gasteiger partial charge >= 0.3 is 12.1 Å². The van der Waals surface area contributed by atoms with Crippen molar-refractivity contribution in [2.75, 3.05) is 6.61 Å². The maximum atomic E-state index is 12.4. The van der Waals surface area contributed by atoms with E-state index in [2.05, 4.69) is 39.8 Å². The predicted octanol–water partition coefficient (Wildman–Crippen LogP) is 7.99. The summed E-state index contributed by atoms with van der Waals surface area (Å²) in [4.78, 5) is 24.7. The van der Waals surface area contributed by atoms with Crippen molar-refractivity contribution in [2.45, 2.75) is 60.5 Å². The number of rotatable bonds is 10. The van der Waals surface area contributed by atoms with E-state index in [0.29, 0.717) is 17.2 Å². The molecule has 1 atom stereocenters. The van der Waals surface area contributed by atoms with E-state index in [-0.39, 0.29) is 18.6 Å². The van der Waals surface area contributed by atoms with E-state index >= 15 is 0 Å². The zero-order valence-corrected chi connectivity index (χ0v) is 22.6. The molecule has 1 aliphatic carbocycles. The Labute approximate surface area is 220 Å². The summed E-state index contributed by atoms with van der Waals surface area (Å²) in [6.45, 7) is 11.2. The molecule has 0 aromatic heterocycles. The van der Waals surface area contributed by atoms with Gasteiger partial charge in [0, 0.05) is 11.6 Å². The predicted molar refractivity (Wildman–Crippen MR) is 147 cm³/mol. The van der Waals surface area contributed by atoms with Crippen LogP contribution in [0.5, 0.6) is 5.75 Å². The summed E-state index contributed by atoms with van der Waals surface area (Å²) in [5.74, 6) is 0.436. The molecule has 1 unspecified atom stereocenters. The van der Waals surface area contributed by atoms with Crippen LogP contribution in [0.4, 0.5) is 4.79 Å². The number of allylic oxidation sites excluding steroid dienone is 3. The van der Waals surface area contributed by atoms with Gasteiger partial charge in [0.25, 0.3) is 0 Å². The minimum absolute atomic E-state index is 0.116. The molecule has 5 heteroatoms. The van der Waals surface area contributed by atoms with Crippen LogP contribution in [0.1, 0.15) is 63.6 Å². The van der Waals surface area contributed by atoms with Crippen LogP contribution in [0.25, 0.3) is 6.08 Å². The van der Waals surface area contributed by atoms with Crippen molar-refractivity contribution in [3.63, 3.8) is 0 Å². The molecule has 0 saturated carbocycles. The van der Waals surface area contributed by atoms with E-state index in [1.54, 1.807) is 12.1 Å². The Morgan fingerprint density at radius 1 is 1.05 bits per heavy atom. The first-order valence-corrected chi connectivity index (χ1v) is 12.9. The summed E-state index contributed by atoms with van der Waals surface area (Å²) in [6.07, 6.45) is 9.61. The van der Waals surface area contributed by atoms with E-state index in [0.717, 1.165) is 36.0 Å². The number of carbonyl (C=O) groups is 2. The quantitative estimate of drug-likeness (QED) is 0.143. The van der Waals surface area contributed by atoms with Crippen LogP contribution < -0.4 is 4.74 Å². The first-order valence-electron chi connectivity index (χ1n) is 12.9. The number of aryl methyl sites for hydroxylation is 1. The highest BCUT2D eigenvalue weighted by atomic mass is 16.7. The third kappa shape index (κ3) is 8.21. The number of benzene rings is 2. The van der Waals surface area contributed by atoms with Crippen molar-refractivity contribution in [3.05, 3.63) is 94.6 Å². The average Bonchev–Trinajstić information content (AvgIpc) is 3.14. The molecule has 0 bridgehead atoms. The normalized spacial score (nSPS) is 16.9. The SMILES string of the molecule is CC/C(=C\CC1CC=C(C)C1(C)C)COC(=O)/C=C/c1cc(C)ccc1OC(=O)OCc1ccccc1. The van der Waals surface area contributed by atoms with Crippen molar-refractivity contribution in [2.24, 2.45) is 11.3 Å². The molecule has 0 amide bonds. The van der Waals surface area contributed by atoms with Crippen LogP contribution >= 0.6 is 0 Å². The van der Waals surface area contributed by atoms with Crippen molar-refractivity contribution < 1.29 is 23.8 Å². The Balaban J connectivity index is 1.54. The summed E-state index contributed by atoms with van der Waals surface area (Å²) in [5, 5.41) is 0. The standard InChI is InChI=1S/C32H38O5/c1-6-25(14-17-28-16-13-24(3)32(28,4)5)21-35-30(33)19-15-27-20-23(2)12-18-29(27)37-31(34)36-22-26-10-8-7-9-11-26/h7-15,18-20,28H,6,16-17,21-22H2,1-5H3/b19-15+,25-14+. The highest BCUT2D eigenvalue weighted by Gasteiger charge is 2.33. The number of esters is 1. The molecule has 2 aromatic carbocycles. The largest absolute Gasteiger partial charge is 0.514 e. The Kier molecular flexibility index (Phi) is 9.90. The summed E-state index contributed by atoms with van der Waals surface area (Å²) in [5.41, 5.74) is 5.19. The molecular weight excluding hydrogens is 464 g/mol. The molecular formula is C32H38O5. The number of hydrogen-bond acceptors (Lipinski definition) is 5. The number of ether oxygens (including phenoxy) is 3. The zero-order valence-electron chi connectivity index (χ0n) is 22.6. The molecule has 0 spiro atoms. The summed E-state index contributed by atoms with van der Waals surface area (Å²) in [7, 11) is 0. The summed E-state index contributed by atoms with van der Waals surface area (Å²) in [6, 6.07) is 14.7. The Bertz CT molecular complexity index is 1170. The van der Waals surface area contributed by atoms with Gasteiger partial charge in [-0.1, -0.05) is 80.5 Å². The highest BCUT2D eigenvalue weighted by molar-refractivity contribution is 5.88. The van der Waals surface area contributed by atoms with Gasteiger partial charge in [-0.15, -0.1) is 0 Å². The van der Waals surface area contributed by atoms with E-state index in [9.17, 15) is 9.59 Å². The second kappa shape index (κ2) is 13.1. The lowest BCUT2D eigenvalue weighted by Crippen LogP contribution is -2.20. The summed E-state index contributed by atoms with van der Waals surface area (Å²) >= 11 is 0. The molecule has 37 heavy (non-hydrogen) atoms. The fraction of sp³-hybridized carbons (Fsp3) is 0.375. The van der Waals surface area contributed by atoms with Crippen LogP contribution in [-0.2, 0) is 20.9 Å². The van der Waals surface area contributed by atoms with Crippen molar-refractivity contribution in [1.82, 2.24) is 0 Å². The van der Waals surface area contributed by atoms with Gasteiger partial charge in [-0.2, -0.15) is 0 Å². The van der Waals surface area contributed by atoms with E-state index in [1.165, 1.54) is 11.6 Å². The highest BCUT2D eigenvalue weighted by Crippen LogP contribution is 2.44. The second-order valence-corrected chi connectivity index (χ2v) is 10.1. The van der Waals surface area contributed by atoms with Gasteiger partial charge in [-0.05, 0) is 73.8 Å². The molecule has 0 aliphatic heterocycles. The topological polar surface area (TPSA) is 61.8 Å². The maximum absolute atomic E-state index is 12.4. The third-order valence-corrected chi connectivity index (χ3v) is 7.25. The van der Waals surface area contributed by atoms with Crippen LogP contribution in [0.3, 0.4) is 0 Å². The average molecular weight is 503 g/mol. The second-order valence-electron chi connectivity index (χ2n) is 10.1.